The van der Waals surface area contributed by atoms with Crippen LogP contribution in [0.25, 0.3) is 0 Å². The summed E-state index contributed by atoms with van der Waals surface area (Å²) in [6.45, 7) is 3.16. The van der Waals surface area contributed by atoms with Crippen LogP contribution in [-0.2, 0) is 4.79 Å². The second-order valence-corrected chi connectivity index (χ2v) is 6.95. The highest BCUT2D eigenvalue weighted by molar-refractivity contribution is 5.95. The van der Waals surface area contributed by atoms with E-state index in [2.05, 4.69) is 5.32 Å². The molecule has 0 saturated carbocycles. The molecule has 28 heavy (non-hydrogen) atoms. The van der Waals surface area contributed by atoms with Crippen molar-refractivity contribution < 1.29 is 23.9 Å². The average Bonchev–Trinajstić information content (AvgIpc) is 3.21. The first-order chi connectivity index (χ1) is 13.5. The molecular formula is C21H24N2O5. The zero-order valence-corrected chi connectivity index (χ0v) is 15.8. The normalized spacial score (nSPS) is 15.8. The third-order valence-electron chi connectivity index (χ3n) is 5.12. The van der Waals surface area contributed by atoms with Gasteiger partial charge in [0.2, 0.25) is 5.91 Å². The van der Waals surface area contributed by atoms with Crippen molar-refractivity contribution >= 4 is 17.8 Å². The van der Waals surface area contributed by atoms with Gasteiger partial charge >= 0.3 is 5.97 Å². The molecule has 2 N–H and O–H groups in total. The minimum atomic E-state index is -1.14. The summed E-state index contributed by atoms with van der Waals surface area (Å²) < 4.78 is 5.03. The first-order valence-corrected chi connectivity index (χ1v) is 9.46. The van der Waals surface area contributed by atoms with Crippen LogP contribution in [0.4, 0.5) is 0 Å². The summed E-state index contributed by atoms with van der Waals surface area (Å²) >= 11 is 0. The van der Waals surface area contributed by atoms with Gasteiger partial charge < -0.3 is 19.7 Å². The summed E-state index contributed by atoms with van der Waals surface area (Å²) in [6.07, 6.45) is 3.08. The summed E-state index contributed by atoms with van der Waals surface area (Å²) in [4.78, 5) is 37.9. The number of aromatic carboxylic acids is 1. The van der Waals surface area contributed by atoms with Crippen molar-refractivity contribution in [3.8, 4) is 0 Å². The zero-order valence-electron chi connectivity index (χ0n) is 15.8. The number of rotatable bonds is 6. The van der Waals surface area contributed by atoms with Gasteiger partial charge in [0.05, 0.1) is 11.5 Å². The molecule has 3 rings (SSSR count). The molecular weight excluding hydrogens is 360 g/mol. The Kier molecular flexibility index (Phi) is 6.13. The predicted molar refractivity (Wildman–Crippen MR) is 102 cm³/mol. The number of hydrogen-bond donors (Lipinski definition) is 2. The summed E-state index contributed by atoms with van der Waals surface area (Å²) in [7, 11) is 0. The molecule has 1 atom stereocenters. The van der Waals surface area contributed by atoms with Gasteiger partial charge in [0.1, 0.15) is 6.26 Å². The summed E-state index contributed by atoms with van der Waals surface area (Å²) in [5.74, 6) is -1.63. The van der Waals surface area contributed by atoms with E-state index in [4.69, 9.17) is 9.52 Å². The molecule has 7 heteroatoms. The van der Waals surface area contributed by atoms with Crippen LogP contribution in [0.5, 0.6) is 0 Å². The van der Waals surface area contributed by atoms with Gasteiger partial charge in [-0.25, -0.2) is 4.79 Å². The van der Waals surface area contributed by atoms with Crippen molar-refractivity contribution in [1.29, 1.82) is 0 Å². The lowest BCUT2D eigenvalue weighted by Gasteiger charge is -2.34. The van der Waals surface area contributed by atoms with Crippen LogP contribution < -0.4 is 5.32 Å². The van der Waals surface area contributed by atoms with E-state index in [0.29, 0.717) is 25.9 Å². The molecule has 0 aliphatic carbocycles. The number of hydrogen-bond acceptors (Lipinski definition) is 4. The van der Waals surface area contributed by atoms with Gasteiger partial charge in [0.25, 0.3) is 5.91 Å². The van der Waals surface area contributed by atoms with E-state index in [1.54, 1.807) is 0 Å². The lowest BCUT2D eigenvalue weighted by Crippen LogP contribution is -2.47. The summed E-state index contributed by atoms with van der Waals surface area (Å²) in [5.41, 5.74) is 0.967. The quantitative estimate of drug-likeness (QED) is 0.798. The first-order valence-electron chi connectivity index (χ1n) is 9.46. The lowest BCUT2D eigenvalue weighted by molar-refractivity contribution is -0.134. The van der Waals surface area contributed by atoms with Gasteiger partial charge in [-0.05, 0) is 24.8 Å². The topological polar surface area (TPSA) is 99.9 Å². The van der Waals surface area contributed by atoms with E-state index in [-0.39, 0.29) is 29.2 Å². The first kappa shape index (κ1) is 19.7. The van der Waals surface area contributed by atoms with Crippen molar-refractivity contribution in [2.75, 3.05) is 13.1 Å². The number of nitrogens with zero attached hydrogens (tertiary/aromatic N) is 1. The highest BCUT2D eigenvalue weighted by Gasteiger charge is 2.29. The number of carbonyl (C=O) groups is 3. The smallest absolute Gasteiger partial charge is 0.338 e. The number of carboxylic acids is 1. The van der Waals surface area contributed by atoms with E-state index in [1.807, 2.05) is 42.2 Å². The Balaban J connectivity index is 1.54. The van der Waals surface area contributed by atoms with E-state index in [1.165, 1.54) is 6.07 Å². The Bertz CT molecular complexity index is 837. The molecule has 1 saturated heterocycles. The zero-order chi connectivity index (χ0) is 20.1. The standard InChI is InChI=1S/C21H24N2O5/c1-2-17(14-6-4-3-5-7-14)20(25)23-10-8-16(9-11-23)22-19(24)18-12-15(13-28-18)21(26)27/h3-7,12-13,16-17H,2,8-11H2,1H3,(H,22,24)(H,26,27). The number of carboxylic acid groups (broad SMARTS) is 1. The highest BCUT2D eigenvalue weighted by Crippen LogP contribution is 2.24. The third-order valence-corrected chi connectivity index (χ3v) is 5.12. The van der Waals surface area contributed by atoms with E-state index < -0.39 is 11.9 Å². The molecule has 0 spiro atoms. The Morgan fingerprint density at radius 3 is 2.46 bits per heavy atom. The largest absolute Gasteiger partial charge is 0.478 e. The second kappa shape index (κ2) is 8.73. The molecule has 1 fully saturated rings. The molecule has 2 aromatic rings. The van der Waals surface area contributed by atoms with E-state index in [9.17, 15) is 14.4 Å². The van der Waals surface area contributed by atoms with Gasteiger partial charge in [0, 0.05) is 25.2 Å². The van der Waals surface area contributed by atoms with Crippen molar-refractivity contribution in [3.05, 3.63) is 59.5 Å². The van der Waals surface area contributed by atoms with Crippen LogP contribution in [0, 0.1) is 0 Å². The SMILES string of the molecule is CCC(C(=O)N1CCC(NC(=O)c2cc(C(=O)O)co2)CC1)c1ccccc1. The van der Waals surface area contributed by atoms with Gasteiger partial charge in [0.15, 0.2) is 5.76 Å². The van der Waals surface area contributed by atoms with Crippen LogP contribution in [-0.4, -0.2) is 46.9 Å². The van der Waals surface area contributed by atoms with Crippen LogP contribution in [0.15, 0.2) is 47.1 Å². The van der Waals surface area contributed by atoms with Crippen molar-refractivity contribution in [3.63, 3.8) is 0 Å². The Morgan fingerprint density at radius 1 is 1.21 bits per heavy atom. The van der Waals surface area contributed by atoms with Gasteiger partial charge in [-0.15, -0.1) is 0 Å². The lowest BCUT2D eigenvalue weighted by atomic mass is 9.93. The van der Waals surface area contributed by atoms with Crippen LogP contribution in [0.3, 0.4) is 0 Å². The van der Waals surface area contributed by atoms with E-state index in [0.717, 1.165) is 18.2 Å². The van der Waals surface area contributed by atoms with Gasteiger partial charge in [-0.3, -0.25) is 9.59 Å². The molecule has 0 radical (unpaired) electrons. The molecule has 2 amide bonds. The van der Waals surface area contributed by atoms with E-state index >= 15 is 0 Å². The Labute approximate surface area is 163 Å². The second-order valence-electron chi connectivity index (χ2n) is 6.95. The number of amides is 2. The maximum absolute atomic E-state index is 12.9. The van der Waals surface area contributed by atoms with Gasteiger partial charge in [-0.1, -0.05) is 37.3 Å². The molecule has 0 bridgehead atoms. The molecule has 1 unspecified atom stereocenters. The number of carbonyl (C=O) groups excluding carboxylic acids is 2. The fraction of sp³-hybridized carbons (Fsp3) is 0.381. The Morgan fingerprint density at radius 2 is 1.89 bits per heavy atom. The fourth-order valence-electron chi connectivity index (χ4n) is 3.53. The average molecular weight is 384 g/mol. The maximum Gasteiger partial charge on any atom is 0.338 e. The maximum atomic E-state index is 12.9. The van der Waals surface area contributed by atoms with Gasteiger partial charge in [-0.2, -0.15) is 0 Å². The van der Waals surface area contributed by atoms with Crippen LogP contribution >= 0.6 is 0 Å². The third kappa shape index (κ3) is 4.42. The number of nitrogens with one attached hydrogen (secondary N) is 1. The highest BCUT2D eigenvalue weighted by atomic mass is 16.4. The van der Waals surface area contributed by atoms with Crippen LogP contribution in [0.2, 0.25) is 0 Å². The molecule has 1 aliphatic rings. The minimum absolute atomic E-state index is 0.0222. The summed E-state index contributed by atoms with van der Waals surface area (Å²) in [6, 6.07) is 10.9. The molecule has 1 aromatic heterocycles. The predicted octanol–water partition coefficient (Wildman–Crippen LogP) is 2.89. The molecule has 1 aliphatic heterocycles. The number of piperidine rings is 1. The molecule has 148 valence electrons. The van der Waals surface area contributed by atoms with Crippen molar-refractivity contribution in [2.24, 2.45) is 0 Å². The summed E-state index contributed by atoms with van der Waals surface area (Å²) in [5, 5.41) is 11.8. The number of likely N-dealkylation sites (tertiary alicyclic amines) is 1. The number of furan rings is 1. The van der Waals surface area contributed by atoms with Crippen LogP contribution in [0.1, 0.15) is 58.6 Å². The monoisotopic (exact) mass is 384 g/mol. The minimum Gasteiger partial charge on any atom is -0.478 e. The van der Waals surface area contributed by atoms with Crippen molar-refractivity contribution in [1.82, 2.24) is 10.2 Å². The van der Waals surface area contributed by atoms with Crippen molar-refractivity contribution in [2.45, 2.75) is 38.1 Å². The molecule has 7 nitrogen and oxygen atoms in total. The fourth-order valence-corrected chi connectivity index (χ4v) is 3.53. The Hall–Kier alpha value is -3.09. The number of benzene rings is 1. The molecule has 1 aromatic carbocycles. The molecule has 2 heterocycles.